The van der Waals surface area contributed by atoms with Gasteiger partial charge in [0.15, 0.2) is 0 Å². The highest BCUT2D eigenvalue weighted by atomic mass is 35.7. The average molecular weight is 275 g/mol. The third kappa shape index (κ3) is 2.84. The van der Waals surface area contributed by atoms with Crippen LogP contribution in [0.5, 0.6) is 0 Å². The van der Waals surface area contributed by atoms with E-state index in [9.17, 15) is 16.8 Å². The van der Waals surface area contributed by atoms with Crippen molar-refractivity contribution in [1.29, 1.82) is 0 Å². The molecular weight excluding hydrogens is 271 g/mol. The first-order valence-corrected chi connectivity index (χ1v) is 7.82. The predicted octanol–water partition coefficient (Wildman–Crippen LogP) is 1.54. The van der Waals surface area contributed by atoms with Gasteiger partial charge in [-0.3, -0.25) is 0 Å². The smallest absolute Gasteiger partial charge is 0.207 e. The van der Waals surface area contributed by atoms with Gasteiger partial charge in [0.25, 0.3) is 18.1 Å². The minimum atomic E-state index is -3.83. The molecule has 14 heavy (non-hydrogen) atoms. The van der Waals surface area contributed by atoms with Crippen LogP contribution in [-0.4, -0.2) is 16.8 Å². The van der Waals surface area contributed by atoms with E-state index in [1.807, 2.05) is 0 Å². The van der Waals surface area contributed by atoms with E-state index in [2.05, 4.69) is 0 Å². The van der Waals surface area contributed by atoms with Crippen LogP contribution < -0.4 is 0 Å². The van der Waals surface area contributed by atoms with E-state index < -0.39 is 18.1 Å². The molecule has 0 spiro atoms. The second-order valence-corrected chi connectivity index (χ2v) is 7.48. The Bertz CT molecular complexity index is 479. The van der Waals surface area contributed by atoms with Gasteiger partial charge in [-0.05, 0) is 24.3 Å². The van der Waals surface area contributed by atoms with Crippen LogP contribution in [0.4, 0.5) is 0 Å². The molecule has 1 aromatic rings. The van der Waals surface area contributed by atoms with Crippen molar-refractivity contribution in [3.63, 3.8) is 0 Å². The first-order chi connectivity index (χ1) is 6.21. The Kier molecular flexibility index (Phi) is 3.10. The molecule has 0 N–H and O–H groups in total. The van der Waals surface area contributed by atoms with E-state index >= 15 is 0 Å². The topological polar surface area (TPSA) is 68.3 Å². The monoisotopic (exact) mass is 274 g/mol. The minimum absolute atomic E-state index is 0.178. The van der Waals surface area contributed by atoms with E-state index in [1.54, 1.807) is 0 Å². The molecule has 0 aliphatic heterocycles. The fraction of sp³-hybridized carbons (Fsp3) is 0. The average Bonchev–Trinajstić information content (AvgIpc) is 2.01. The maximum atomic E-state index is 10.8. The van der Waals surface area contributed by atoms with Crippen molar-refractivity contribution in [2.75, 3.05) is 0 Å². The fourth-order valence-corrected chi connectivity index (χ4v) is 2.30. The molecule has 0 saturated carbocycles. The van der Waals surface area contributed by atoms with Crippen LogP contribution >= 0.6 is 21.4 Å². The highest BCUT2D eigenvalue weighted by Crippen LogP contribution is 2.19. The van der Waals surface area contributed by atoms with Gasteiger partial charge in [-0.2, -0.15) is 0 Å². The Morgan fingerprint density at radius 2 is 0.929 bits per heavy atom. The van der Waals surface area contributed by atoms with E-state index in [-0.39, 0.29) is 9.79 Å². The standard InChI is InChI=1S/C6H4Cl2O4S2/c7-13(9,10)5-1-2-6(4-3-5)14(8,11)12/h1-4H. The van der Waals surface area contributed by atoms with Crippen LogP contribution in [0.2, 0.25) is 0 Å². The summed E-state index contributed by atoms with van der Waals surface area (Å²) in [5.74, 6) is 0. The van der Waals surface area contributed by atoms with Crippen molar-refractivity contribution < 1.29 is 16.8 Å². The molecular formula is C6H4Cl2O4S2. The van der Waals surface area contributed by atoms with Crippen LogP contribution in [0.25, 0.3) is 0 Å². The predicted molar refractivity (Wildman–Crippen MR) is 52.5 cm³/mol. The van der Waals surface area contributed by atoms with Gasteiger partial charge in [-0.15, -0.1) is 0 Å². The molecule has 8 heteroatoms. The number of hydrogen-bond acceptors (Lipinski definition) is 4. The van der Waals surface area contributed by atoms with E-state index in [4.69, 9.17) is 21.4 Å². The third-order valence-electron chi connectivity index (χ3n) is 1.39. The zero-order valence-electron chi connectivity index (χ0n) is 6.51. The maximum Gasteiger partial charge on any atom is 0.261 e. The third-order valence-corrected chi connectivity index (χ3v) is 4.13. The Balaban J connectivity index is 3.28. The molecule has 0 fully saturated rings. The molecule has 0 heterocycles. The number of rotatable bonds is 2. The quantitative estimate of drug-likeness (QED) is 0.768. The summed E-state index contributed by atoms with van der Waals surface area (Å²) in [5.41, 5.74) is 0. The van der Waals surface area contributed by atoms with Crippen LogP contribution in [0.1, 0.15) is 0 Å². The first-order valence-electron chi connectivity index (χ1n) is 3.20. The summed E-state index contributed by atoms with van der Waals surface area (Å²) in [4.78, 5) is -0.355. The molecule has 0 aliphatic rings. The van der Waals surface area contributed by atoms with Crippen molar-refractivity contribution in [2.45, 2.75) is 9.79 Å². The van der Waals surface area contributed by atoms with Gasteiger partial charge in [0.2, 0.25) is 0 Å². The molecule has 4 nitrogen and oxygen atoms in total. The molecule has 1 rings (SSSR count). The molecule has 0 unspecified atom stereocenters. The van der Waals surface area contributed by atoms with Gasteiger partial charge >= 0.3 is 0 Å². The van der Waals surface area contributed by atoms with Crippen LogP contribution in [0.15, 0.2) is 34.1 Å². The Morgan fingerprint density at radius 3 is 1.07 bits per heavy atom. The van der Waals surface area contributed by atoms with Gasteiger partial charge in [-0.1, -0.05) is 0 Å². The molecule has 0 aromatic heterocycles. The summed E-state index contributed by atoms with van der Waals surface area (Å²) in [6.45, 7) is 0. The van der Waals surface area contributed by atoms with E-state index in [1.165, 1.54) is 0 Å². The molecule has 0 saturated heterocycles. The number of benzene rings is 1. The lowest BCUT2D eigenvalue weighted by Gasteiger charge is -1.97. The van der Waals surface area contributed by atoms with Crippen molar-refractivity contribution in [1.82, 2.24) is 0 Å². The second-order valence-electron chi connectivity index (χ2n) is 2.35. The van der Waals surface area contributed by atoms with Crippen molar-refractivity contribution in [3.8, 4) is 0 Å². The number of hydrogen-bond donors (Lipinski definition) is 0. The number of halogens is 2. The first kappa shape index (κ1) is 11.8. The van der Waals surface area contributed by atoms with E-state index in [0.717, 1.165) is 24.3 Å². The van der Waals surface area contributed by atoms with Gasteiger partial charge < -0.3 is 0 Å². The van der Waals surface area contributed by atoms with Crippen molar-refractivity contribution in [2.24, 2.45) is 0 Å². The lowest BCUT2D eigenvalue weighted by Crippen LogP contribution is -1.93. The van der Waals surface area contributed by atoms with Crippen LogP contribution in [0.3, 0.4) is 0 Å². The Labute approximate surface area is 90.3 Å². The minimum Gasteiger partial charge on any atom is -0.207 e. The van der Waals surface area contributed by atoms with Crippen molar-refractivity contribution in [3.05, 3.63) is 24.3 Å². The highest BCUT2D eigenvalue weighted by Gasteiger charge is 2.13. The summed E-state index contributed by atoms with van der Waals surface area (Å²) in [5, 5.41) is 0. The van der Waals surface area contributed by atoms with Crippen LogP contribution in [-0.2, 0) is 18.1 Å². The summed E-state index contributed by atoms with van der Waals surface area (Å²) in [6, 6.07) is 4.27. The van der Waals surface area contributed by atoms with Gasteiger partial charge in [0.05, 0.1) is 9.79 Å². The summed E-state index contributed by atoms with van der Waals surface area (Å²) in [6.07, 6.45) is 0. The summed E-state index contributed by atoms with van der Waals surface area (Å²) < 4.78 is 43.1. The Hall–Kier alpha value is -0.300. The normalized spacial score (nSPS) is 12.7. The van der Waals surface area contributed by atoms with Gasteiger partial charge in [0.1, 0.15) is 0 Å². The molecule has 0 bridgehead atoms. The molecule has 1 aromatic carbocycles. The van der Waals surface area contributed by atoms with Gasteiger partial charge in [0, 0.05) is 21.4 Å². The zero-order chi connectivity index (χ0) is 11.0. The Morgan fingerprint density at radius 1 is 0.714 bits per heavy atom. The largest absolute Gasteiger partial charge is 0.261 e. The van der Waals surface area contributed by atoms with Crippen LogP contribution in [0, 0.1) is 0 Å². The summed E-state index contributed by atoms with van der Waals surface area (Å²) >= 11 is 0. The molecule has 0 aliphatic carbocycles. The lowest BCUT2D eigenvalue weighted by molar-refractivity contribution is 0.606. The molecule has 0 amide bonds. The fourth-order valence-electron chi connectivity index (χ4n) is 0.765. The zero-order valence-corrected chi connectivity index (χ0v) is 9.66. The lowest BCUT2D eigenvalue weighted by atomic mass is 10.4. The molecule has 0 radical (unpaired) electrons. The van der Waals surface area contributed by atoms with Gasteiger partial charge in [-0.25, -0.2) is 16.8 Å². The highest BCUT2D eigenvalue weighted by molar-refractivity contribution is 8.14. The molecule has 78 valence electrons. The summed E-state index contributed by atoms with van der Waals surface area (Å²) in [7, 11) is 2.37. The molecule has 0 atom stereocenters. The van der Waals surface area contributed by atoms with E-state index in [0.29, 0.717) is 0 Å². The second kappa shape index (κ2) is 3.69. The maximum absolute atomic E-state index is 10.8. The van der Waals surface area contributed by atoms with Crippen molar-refractivity contribution >= 4 is 39.5 Å². The SMILES string of the molecule is O=S(=O)(Cl)c1ccc(S(=O)(=O)Cl)cc1.